The van der Waals surface area contributed by atoms with E-state index in [0.29, 0.717) is 19.0 Å². The van der Waals surface area contributed by atoms with Gasteiger partial charge < -0.3 is 16.4 Å². The second-order valence-electron chi connectivity index (χ2n) is 3.46. The highest BCUT2D eigenvalue weighted by atomic mass is 16.2. The summed E-state index contributed by atoms with van der Waals surface area (Å²) in [6.45, 7) is 1.35. The average molecular weight is 191 g/mol. The van der Waals surface area contributed by atoms with Gasteiger partial charge in [0.15, 0.2) is 0 Å². The van der Waals surface area contributed by atoms with Gasteiger partial charge in [0.1, 0.15) is 0 Å². The lowest BCUT2D eigenvalue weighted by Crippen LogP contribution is -2.47. The van der Waals surface area contributed by atoms with E-state index in [1.165, 1.54) is 0 Å². The second-order valence-corrected chi connectivity index (χ2v) is 3.46. The second kappa shape index (κ2) is 3.57. The fourth-order valence-corrected chi connectivity index (χ4v) is 1.62. The third kappa shape index (κ3) is 1.79. The number of benzene rings is 1. The molecule has 1 saturated heterocycles. The van der Waals surface area contributed by atoms with Crippen molar-refractivity contribution in [2.75, 3.05) is 18.8 Å². The predicted octanol–water partition coefficient (Wildman–Crippen LogP) is 0.665. The van der Waals surface area contributed by atoms with Crippen molar-refractivity contribution in [1.82, 2.24) is 10.6 Å². The van der Waals surface area contributed by atoms with Gasteiger partial charge in [0.05, 0.1) is 0 Å². The number of anilines is 1. The quantitative estimate of drug-likeness (QED) is 0.571. The molecule has 4 nitrogen and oxygen atoms in total. The van der Waals surface area contributed by atoms with Crippen LogP contribution in [0.5, 0.6) is 0 Å². The van der Waals surface area contributed by atoms with Crippen LogP contribution in [0.15, 0.2) is 24.3 Å². The maximum absolute atomic E-state index is 10.9. The van der Waals surface area contributed by atoms with E-state index >= 15 is 0 Å². The molecule has 2 rings (SSSR count). The first kappa shape index (κ1) is 8.87. The molecular formula is C10H13N3O. The van der Waals surface area contributed by atoms with Crippen LogP contribution in [0, 0.1) is 0 Å². The zero-order valence-electron chi connectivity index (χ0n) is 7.79. The highest BCUT2D eigenvalue weighted by Gasteiger charge is 2.18. The zero-order chi connectivity index (χ0) is 9.97. The molecule has 0 bridgehead atoms. The summed E-state index contributed by atoms with van der Waals surface area (Å²) in [7, 11) is 0. The van der Waals surface area contributed by atoms with Gasteiger partial charge in [-0.15, -0.1) is 0 Å². The van der Waals surface area contributed by atoms with E-state index in [1.54, 1.807) is 0 Å². The Morgan fingerprint density at radius 2 is 2.00 bits per heavy atom. The molecule has 0 aliphatic carbocycles. The summed E-state index contributed by atoms with van der Waals surface area (Å²) in [5, 5.41) is 5.52. The lowest BCUT2D eigenvalue weighted by Gasteiger charge is -2.24. The monoisotopic (exact) mass is 191 g/mol. The van der Waals surface area contributed by atoms with E-state index in [0.717, 1.165) is 11.3 Å². The molecule has 1 aliphatic heterocycles. The Morgan fingerprint density at radius 3 is 2.64 bits per heavy atom. The number of rotatable bonds is 1. The van der Waals surface area contributed by atoms with Crippen molar-refractivity contribution in [3.63, 3.8) is 0 Å². The fourth-order valence-electron chi connectivity index (χ4n) is 1.62. The largest absolute Gasteiger partial charge is 0.399 e. The highest BCUT2D eigenvalue weighted by molar-refractivity contribution is 5.75. The van der Waals surface area contributed by atoms with Gasteiger partial charge in [-0.2, -0.15) is 0 Å². The number of nitrogens with two attached hydrogens (primary N) is 1. The summed E-state index contributed by atoms with van der Waals surface area (Å²) in [4.78, 5) is 10.9. The summed E-state index contributed by atoms with van der Waals surface area (Å²) in [5.74, 6) is 0.316. The molecule has 0 saturated carbocycles. The standard InChI is InChI=1S/C10H13N3O/c11-9-3-1-2-7(4-9)8-5-12-10(14)13-6-8/h1-4,8H,5-6,11H2,(H2,12,13,14). The molecule has 0 spiro atoms. The van der Waals surface area contributed by atoms with Crippen molar-refractivity contribution in [3.05, 3.63) is 29.8 Å². The summed E-state index contributed by atoms with van der Waals surface area (Å²) in [6, 6.07) is 7.67. The first-order chi connectivity index (χ1) is 6.75. The summed E-state index contributed by atoms with van der Waals surface area (Å²) in [5.41, 5.74) is 7.61. The van der Waals surface area contributed by atoms with Crippen molar-refractivity contribution in [2.45, 2.75) is 5.92 Å². The van der Waals surface area contributed by atoms with Crippen LogP contribution in [-0.4, -0.2) is 19.1 Å². The molecule has 2 amide bonds. The smallest absolute Gasteiger partial charge is 0.314 e. The number of hydrogen-bond donors (Lipinski definition) is 3. The van der Waals surface area contributed by atoms with Gasteiger partial charge in [0.2, 0.25) is 0 Å². The van der Waals surface area contributed by atoms with Crippen LogP contribution in [0.2, 0.25) is 0 Å². The summed E-state index contributed by atoms with van der Waals surface area (Å²) < 4.78 is 0. The topological polar surface area (TPSA) is 67.1 Å². The maximum Gasteiger partial charge on any atom is 0.314 e. The number of urea groups is 1. The lowest BCUT2D eigenvalue weighted by atomic mass is 9.97. The van der Waals surface area contributed by atoms with Gasteiger partial charge in [-0.05, 0) is 17.7 Å². The summed E-state index contributed by atoms with van der Waals surface area (Å²) in [6.07, 6.45) is 0. The van der Waals surface area contributed by atoms with Crippen LogP contribution >= 0.6 is 0 Å². The number of carbonyl (C=O) groups excluding carboxylic acids is 1. The Kier molecular flexibility index (Phi) is 2.26. The molecule has 1 heterocycles. The Bertz CT molecular complexity index is 341. The lowest BCUT2D eigenvalue weighted by molar-refractivity contribution is 0.234. The van der Waals surface area contributed by atoms with Crippen molar-refractivity contribution in [1.29, 1.82) is 0 Å². The van der Waals surface area contributed by atoms with Crippen molar-refractivity contribution >= 4 is 11.7 Å². The minimum Gasteiger partial charge on any atom is -0.399 e. The Labute approximate surface area is 82.5 Å². The van der Waals surface area contributed by atoms with Gasteiger partial charge >= 0.3 is 6.03 Å². The van der Waals surface area contributed by atoms with Crippen molar-refractivity contribution < 1.29 is 4.79 Å². The molecule has 1 aromatic carbocycles. The molecule has 4 N–H and O–H groups in total. The summed E-state index contributed by atoms with van der Waals surface area (Å²) >= 11 is 0. The van der Waals surface area contributed by atoms with E-state index < -0.39 is 0 Å². The van der Waals surface area contributed by atoms with E-state index in [4.69, 9.17) is 5.73 Å². The minimum absolute atomic E-state index is 0.0925. The average Bonchev–Trinajstić information content (AvgIpc) is 2.19. The molecule has 1 aliphatic rings. The molecule has 4 heteroatoms. The minimum atomic E-state index is -0.0925. The van der Waals surface area contributed by atoms with Gasteiger partial charge in [0.25, 0.3) is 0 Å². The third-order valence-corrected chi connectivity index (χ3v) is 2.40. The van der Waals surface area contributed by atoms with E-state index in [9.17, 15) is 4.79 Å². The highest BCUT2D eigenvalue weighted by Crippen LogP contribution is 2.18. The van der Waals surface area contributed by atoms with Crippen molar-refractivity contribution in [2.24, 2.45) is 0 Å². The SMILES string of the molecule is Nc1cccc(C2CNC(=O)NC2)c1. The zero-order valence-corrected chi connectivity index (χ0v) is 7.79. The van der Waals surface area contributed by atoms with Crippen LogP contribution in [0.1, 0.15) is 11.5 Å². The third-order valence-electron chi connectivity index (χ3n) is 2.40. The number of nitrogen functional groups attached to an aromatic ring is 1. The van der Waals surface area contributed by atoms with Crippen molar-refractivity contribution in [3.8, 4) is 0 Å². The van der Waals surface area contributed by atoms with Crippen LogP contribution in [-0.2, 0) is 0 Å². The Morgan fingerprint density at radius 1 is 1.29 bits per heavy atom. The first-order valence-corrected chi connectivity index (χ1v) is 4.63. The molecule has 1 fully saturated rings. The van der Waals surface area contributed by atoms with E-state index in [-0.39, 0.29) is 6.03 Å². The molecule has 0 aromatic heterocycles. The number of amides is 2. The molecule has 14 heavy (non-hydrogen) atoms. The number of nitrogens with one attached hydrogen (secondary N) is 2. The Hall–Kier alpha value is -1.71. The van der Waals surface area contributed by atoms with Gasteiger partial charge in [-0.25, -0.2) is 4.79 Å². The molecule has 0 atom stereocenters. The van der Waals surface area contributed by atoms with Crippen LogP contribution < -0.4 is 16.4 Å². The van der Waals surface area contributed by atoms with Gasteiger partial charge in [-0.1, -0.05) is 12.1 Å². The molecule has 1 aromatic rings. The number of carbonyl (C=O) groups is 1. The van der Waals surface area contributed by atoms with E-state index in [1.807, 2.05) is 24.3 Å². The maximum atomic E-state index is 10.9. The van der Waals surface area contributed by atoms with E-state index in [2.05, 4.69) is 10.6 Å². The number of hydrogen-bond acceptors (Lipinski definition) is 2. The molecular weight excluding hydrogens is 178 g/mol. The van der Waals surface area contributed by atoms with Gasteiger partial charge in [-0.3, -0.25) is 0 Å². The fraction of sp³-hybridized carbons (Fsp3) is 0.300. The molecule has 0 unspecified atom stereocenters. The normalized spacial score (nSPS) is 17.3. The van der Waals surface area contributed by atoms with Crippen LogP contribution in [0.4, 0.5) is 10.5 Å². The Balaban J connectivity index is 2.12. The molecule has 74 valence electrons. The van der Waals surface area contributed by atoms with Crippen LogP contribution in [0.3, 0.4) is 0 Å². The first-order valence-electron chi connectivity index (χ1n) is 4.63. The van der Waals surface area contributed by atoms with Crippen LogP contribution in [0.25, 0.3) is 0 Å². The van der Waals surface area contributed by atoms with Gasteiger partial charge in [0, 0.05) is 24.7 Å². The molecule has 0 radical (unpaired) electrons. The predicted molar refractivity (Wildman–Crippen MR) is 55.0 cm³/mol.